The first kappa shape index (κ1) is 11.3. The van der Waals surface area contributed by atoms with Crippen LogP contribution in [0.1, 0.15) is 19.4 Å². The summed E-state index contributed by atoms with van der Waals surface area (Å²) < 4.78 is 0. The lowest BCUT2D eigenvalue weighted by Crippen LogP contribution is -1.94. The fourth-order valence-corrected chi connectivity index (χ4v) is 1.13. The van der Waals surface area contributed by atoms with E-state index in [4.69, 9.17) is 5.73 Å². The zero-order valence-corrected chi connectivity index (χ0v) is 8.40. The lowest BCUT2D eigenvalue weighted by Gasteiger charge is -2.03. The first-order valence-electron chi connectivity index (χ1n) is 4.03. The predicted octanol–water partition coefficient (Wildman–Crippen LogP) is 2.89. The first-order chi connectivity index (χ1) is 5.18. The Morgan fingerprint density at radius 2 is 1.67 bits per heavy atom. The number of nitrogen functional groups attached to an aromatic ring is 1. The van der Waals surface area contributed by atoms with Crippen molar-refractivity contribution in [2.45, 2.75) is 20.3 Å². The normalized spacial score (nSPS) is 9.58. The van der Waals surface area contributed by atoms with E-state index in [2.05, 4.69) is 26.0 Å². The topological polar surface area (TPSA) is 26.0 Å². The molecule has 0 bridgehead atoms. The zero-order valence-electron chi connectivity index (χ0n) is 7.58. The van der Waals surface area contributed by atoms with Gasteiger partial charge in [0.05, 0.1) is 0 Å². The molecule has 2 N–H and O–H groups in total. The maximum Gasteiger partial charge on any atom is 0.0314 e. The van der Waals surface area contributed by atoms with Crippen LogP contribution in [0.25, 0.3) is 0 Å². The van der Waals surface area contributed by atoms with Crippen LogP contribution in [-0.2, 0) is 6.42 Å². The van der Waals surface area contributed by atoms with Crippen molar-refractivity contribution >= 4 is 18.1 Å². The summed E-state index contributed by atoms with van der Waals surface area (Å²) in [6, 6.07) is 8.10. The third-order valence-electron chi connectivity index (χ3n) is 1.62. The van der Waals surface area contributed by atoms with Crippen molar-refractivity contribution in [1.82, 2.24) is 0 Å². The highest BCUT2D eigenvalue weighted by molar-refractivity contribution is 5.85. The molecule has 0 amide bonds. The molecule has 0 saturated carbocycles. The molecule has 2 heteroatoms. The Kier molecular flexibility index (Phi) is 4.75. The van der Waals surface area contributed by atoms with Crippen LogP contribution < -0.4 is 5.73 Å². The van der Waals surface area contributed by atoms with E-state index < -0.39 is 0 Å². The van der Waals surface area contributed by atoms with Crippen molar-refractivity contribution in [2.24, 2.45) is 5.92 Å². The smallest absolute Gasteiger partial charge is 0.0314 e. The SMILES string of the molecule is CC(C)Cc1ccc(N)cc1.Cl. The van der Waals surface area contributed by atoms with E-state index in [1.54, 1.807) is 0 Å². The van der Waals surface area contributed by atoms with E-state index >= 15 is 0 Å². The Labute approximate surface area is 80.4 Å². The maximum absolute atomic E-state index is 5.56. The second-order valence-corrected chi connectivity index (χ2v) is 3.34. The van der Waals surface area contributed by atoms with Gasteiger partial charge in [0, 0.05) is 5.69 Å². The van der Waals surface area contributed by atoms with Gasteiger partial charge in [-0.25, -0.2) is 0 Å². The van der Waals surface area contributed by atoms with Gasteiger partial charge < -0.3 is 5.73 Å². The molecular formula is C10H16ClN. The molecule has 0 unspecified atom stereocenters. The van der Waals surface area contributed by atoms with E-state index in [9.17, 15) is 0 Å². The average Bonchev–Trinajstić information content (AvgIpc) is 1.93. The van der Waals surface area contributed by atoms with E-state index in [1.165, 1.54) is 5.56 Å². The molecule has 1 aromatic carbocycles. The molecule has 0 spiro atoms. The summed E-state index contributed by atoms with van der Waals surface area (Å²) in [5.74, 6) is 0.721. The molecule has 0 atom stereocenters. The van der Waals surface area contributed by atoms with Crippen molar-refractivity contribution in [2.75, 3.05) is 5.73 Å². The van der Waals surface area contributed by atoms with Crippen LogP contribution in [0.4, 0.5) is 5.69 Å². The Morgan fingerprint density at radius 1 is 1.17 bits per heavy atom. The number of hydrogen-bond donors (Lipinski definition) is 1. The second-order valence-electron chi connectivity index (χ2n) is 3.34. The number of benzene rings is 1. The van der Waals surface area contributed by atoms with Gasteiger partial charge >= 0.3 is 0 Å². The third kappa shape index (κ3) is 3.63. The minimum atomic E-state index is 0. The van der Waals surface area contributed by atoms with Crippen molar-refractivity contribution in [3.05, 3.63) is 29.8 Å². The van der Waals surface area contributed by atoms with Crippen molar-refractivity contribution < 1.29 is 0 Å². The molecular weight excluding hydrogens is 170 g/mol. The molecule has 12 heavy (non-hydrogen) atoms. The number of anilines is 1. The quantitative estimate of drug-likeness (QED) is 0.705. The third-order valence-corrected chi connectivity index (χ3v) is 1.62. The van der Waals surface area contributed by atoms with Crippen molar-refractivity contribution in [3.63, 3.8) is 0 Å². The number of nitrogens with two attached hydrogens (primary N) is 1. The van der Waals surface area contributed by atoms with Crippen LogP contribution in [0.5, 0.6) is 0 Å². The molecule has 0 radical (unpaired) electrons. The highest BCUT2D eigenvalue weighted by atomic mass is 35.5. The Morgan fingerprint density at radius 3 is 2.08 bits per heavy atom. The summed E-state index contributed by atoms with van der Waals surface area (Å²) in [6.45, 7) is 4.44. The fraction of sp³-hybridized carbons (Fsp3) is 0.400. The van der Waals surface area contributed by atoms with Gasteiger partial charge in [-0.3, -0.25) is 0 Å². The van der Waals surface area contributed by atoms with E-state index in [1.807, 2.05) is 12.1 Å². The molecule has 0 heterocycles. The number of hydrogen-bond acceptors (Lipinski definition) is 1. The maximum atomic E-state index is 5.56. The van der Waals surface area contributed by atoms with Crippen LogP contribution in [0.15, 0.2) is 24.3 Å². The van der Waals surface area contributed by atoms with Crippen molar-refractivity contribution in [3.8, 4) is 0 Å². The monoisotopic (exact) mass is 185 g/mol. The van der Waals surface area contributed by atoms with Crippen molar-refractivity contribution in [1.29, 1.82) is 0 Å². The van der Waals surface area contributed by atoms with Gasteiger partial charge in [-0.15, -0.1) is 12.4 Å². The van der Waals surface area contributed by atoms with E-state index in [0.29, 0.717) is 0 Å². The number of halogens is 1. The van der Waals surface area contributed by atoms with E-state index in [-0.39, 0.29) is 12.4 Å². The molecule has 0 aliphatic rings. The lowest BCUT2D eigenvalue weighted by atomic mass is 10.0. The Hall–Kier alpha value is -0.690. The van der Waals surface area contributed by atoms with Crippen LogP contribution in [-0.4, -0.2) is 0 Å². The van der Waals surface area contributed by atoms with Gasteiger partial charge in [0.2, 0.25) is 0 Å². The largest absolute Gasteiger partial charge is 0.399 e. The van der Waals surface area contributed by atoms with Gasteiger partial charge in [0.25, 0.3) is 0 Å². The summed E-state index contributed by atoms with van der Waals surface area (Å²) in [6.07, 6.45) is 1.14. The van der Waals surface area contributed by atoms with Crippen LogP contribution >= 0.6 is 12.4 Å². The molecule has 1 nitrogen and oxygen atoms in total. The van der Waals surface area contributed by atoms with Gasteiger partial charge in [0.1, 0.15) is 0 Å². The highest BCUT2D eigenvalue weighted by Crippen LogP contribution is 2.09. The predicted molar refractivity (Wildman–Crippen MR) is 56.6 cm³/mol. The first-order valence-corrected chi connectivity index (χ1v) is 4.03. The summed E-state index contributed by atoms with van der Waals surface area (Å²) in [4.78, 5) is 0. The fourth-order valence-electron chi connectivity index (χ4n) is 1.13. The standard InChI is InChI=1S/C10H15N.ClH/c1-8(2)7-9-3-5-10(11)6-4-9;/h3-6,8H,7,11H2,1-2H3;1H. The molecule has 0 aliphatic carbocycles. The van der Waals surface area contributed by atoms with Gasteiger partial charge in [-0.1, -0.05) is 26.0 Å². The van der Waals surface area contributed by atoms with E-state index in [0.717, 1.165) is 18.0 Å². The molecule has 68 valence electrons. The zero-order chi connectivity index (χ0) is 8.27. The summed E-state index contributed by atoms with van der Waals surface area (Å²) >= 11 is 0. The van der Waals surface area contributed by atoms with Crippen LogP contribution in [0.3, 0.4) is 0 Å². The number of rotatable bonds is 2. The second kappa shape index (κ2) is 5.04. The Bertz CT molecular complexity index is 216. The van der Waals surface area contributed by atoms with Crippen LogP contribution in [0.2, 0.25) is 0 Å². The van der Waals surface area contributed by atoms with Crippen LogP contribution in [0, 0.1) is 5.92 Å². The minimum absolute atomic E-state index is 0. The highest BCUT2D eigenvalue weighted by Gasteiger charge is 1.95. The summed E-state index contributed by atoms with van der Waals surface area (Å²) in [5, 5.41) is 0. The van der Waals surface area contributed by atoms with Gasteiger partial charge in [-0.2, -0.15) is 0 Å². The molecule has 1 aromatic rings. The minimum Gasteiger partial charge on any atom is -0.399 e. The molecule has 0 saturated heterocycles. The molecule has 0 aromatic heterocycles. The van der Waals surface area contributed by atoms with Gasteiger partial charge in [-0.05, 0) is 30.0 Å². The summed E-state index contributed by atoms with van der Waals surface area (Å²) in [5.41, 5.74) is 7.77. The Balaban J connectivity index is 0.00000121. The average molecular weight is 186 g/mol. The molecule has 0 fully saturated rings. The van der Waals surface area contributed by atoms with Gasteiger partial charge in [0.15, 0.2) is 0 Å². The molecule has 0 aliphatic heterocycles. The molecule has 1 rings (SSSR count). The lowest BCUT2D eigenvalue weighted by molar-refractivity contribution is 0.647. The summed E-state index contributed by atoms with van der Waals surface area (Å²) in [7, 11) is 0.